The Hall–Kier alpha value is -4.10. The standard InChI is InChI=1S/C28H29FN8O/c1-19-12-23(7-11-36(19)27(38)20-4-3-5-22(29)13-20)35-16-28(17-35,8-9-30)37-15-21(14-33-37)25-24-6-10-31-26(24)32-18-34(25)2/h3-6,10,13-15,18-19,23H,7-8,11-12,16-17H2,1-2H3/p+1. The van der Waals surface area contributed by atoms with Gasteiger partial charge in [0.2, 0.25) is 0 Å². The van der Waals surface area contributed by atoms with Crippen LogP contribution in [0.2, 0.25) is 0 Å². The number of rotatable bonds is 5. The lowest BCUT2D eigenvalue weighted by Gasteiger charge is -2.54. The quantitative estimate of drug-likeness (QED) is 0.414. The molecule has 0 saturated carbocycles. The summed E-state index contributed by atoms with van der Waals surface area (Å²) in [4.78, 5) is 24.9. The molecule has 2 saturated heterocycles. The van der Waals surface area contributed by atoms with E-state index in [-0.39, 0.29) is 17.5 Å². The lowest BCUT2D eigenvalue weighted by molar-refractivity contribution is -0.662. The number of halogens is 1. The fourth-order valence-corrected chi connectivity index (χ4v) is 6.14. The van der Waals surface area contributed by atoms with Crippen LogP contribution in [0.5, 0.6) is 0 Å². The monoisotopic (exact) mass is 513 g/mol. The van der Waals surface area contributed by atoms with Gasteiger partial charge in [-0.2, -0.15) is 10.4 Å². The number of aromatic amines is 1. The Kier molecular flexibility index (Phi) is 5.95. The predicted octanol–water partition coefficient (Wildman–Crippen LogP) is 3.01. The first kappa shape index (κ1) is 24.2. The second-order valence-corrected chi connectivity index (χ2v) is 10.6. The van der Waals surface area contributed by atoms with Gasteiger partial charge in [-0.3, -0.25) is 14.4 Å². The van der Waals surface area contributed by atoms with Crippen molar-refractivity contribution in [3.8, 4) is 17.3 Å². The molecular formula is C28H30FN8O+. The van der Waals surface area contributed by atoms with Gasteiger partial charge < -0.3 is 9.88 Å². The topological polar surface area (TPSA) is 97.7 Å². The molecule has 38 heavy (non-hydrogen) atoms. The highest BCUT2D eigenvalue weighted by Crippen LogP contribution is 2.38. The third-order valence-electron chi connectivity index (χ3n) is 8.14. The first-order valence-electron chi connectivity index (χ1n) is 12.9. The third-order valence-corrected chi connectivity index (χ3v) is 8.14. The molecule has 2 aliphatic rings. The van der Waals surface area contributed by atoms with E-state index in [1.165, 1.54) is 12.1 Å². The number of hydrogen-bond acceptors (Lipinski definition) is 5. The Morgan fingerprint density at radius 1 is 1.34 bits per heavy atom. The van der Waals surface area contributed by atoms with E-state index in [0.717, 1.165) is 48.2 Å². The number of carbonyl (C=O) groups is 1. The number of likely N-dealkylation sites (tertiary alicyclic amines) is 2. The van der Waals surface area contributed by atoms with Gasteiger partial charge in [-0.25, -0.2) is 8.96 Å². The molecule has 2 atom stereocenters. The molecule has 0 radical (unpaired) electrons. The second kappa shape index (κ2) is 9.33. The Balaban J connectivity index is 1.16. The van der Waals surface area contributed by atoms with Crippen molar-refractivity contribution in [1.29, 1.82) is 5.26 Å². The number of aryl methyl sites for hydroxylation is 1. The van der Waals surface area contributed by atoms with Crippen LogP contribution in [0.25, 0.3) is 22.3 Å². The number of nitrogens with zero attached hydrogens (tertiary/aromatic N) is 7. The van der Waals surface area contributed by atoms with E-state index in [0.29, 0.717) is 24.6 Å². The molecule has 3 aromatic heterocycles. The van der Waals surface area contributed by atoms with E-state index in [9.17, 15) is 14.4 Å². The molecule has 1 amide bonds. The van der Waals surface area contributed by atoms with E-state index < -0.39 is 5.82 Å². The highest BCUT2D eigenvalue weighted by atomic mass is 19.1. The fraction of sp³-hybridized carbons (Fsp3) is 0.393. The molecule has 1 N–H and O–H groups in total. The summed E-state index contributed by atoms with van der Waals surface area (Å²) < 4.78 is 17.6. The zero-order valence-corrected chi connectivity index (χ0v) is 21.5. The molecule has 9 nitrogen and oxygen atoms in total. The molecule has 5 heterocycles. The van der Waals surface area contributed by atoms with Crippen LogP contribution in [-0.2, 0) is 12.6 Å². The summed E-state index contributed by atoms with van der Waals surface area (Å²) in [6.07, 6.45) is 9.63. The Bertz CT molecular complexity index is 1550. The molecule has 1 aromatic carbocycles. The van der Waals surface area contributed by atoms with Crippen molar-refractivity contribution in [2.45, 2.75) is 43.8 Å². The van der Waals surface area contributed by atoms with Gasteiger partial charge in [0.25, 0.3) is 17.9 Å². The number of benzene rings is 1. The number of nitriles is 1. The molecule has 2 fully saturated rings. The molecule has 10 heteroatoms. The van der Waals surface area contributed by atoms with E-state index in [4.69, 9.17) is 5.10 Å². The lowest BCUT2D eigenvalue weighted by atomic mass is 9.83. The van der Waals surface area contributed by atoms with E-state index in [1.807, 2.05) is 45.9 Å². The van der Waals surface area contributed by atoms with Crippen LogP contribution < -0.4 is 4.57 Å². The van der Waals surface area contributed by atoms with Gasteiger partial charge in [0.15, 0.2) is 5.69 Å². The van der Waals surface area contributed by atoms with E-state index >= 15 is 0 Å². The van der Waals surface area contributed by atoms with E-state index in [1.54, 1.807) is 18.5 Å². The largest absolute Gasteiger partial charge is 0.336 e. The summed E-state index contributed by atoms with van der Waals surface area (Å²) in [5.74, 6) is -0.521. The van der Waals surface area contributed by atoms with Crippen LogP contribution in [0, 0.1) is 17.1 Å². The first-order chi connectivity index (χ1) is 18.4. The maximum atomic E-state index is 13.6. The Morgan fingerprint density at radius 2 is 2.18 bits per heavy atom. The van der Waals surface area contributed by atoms with Gasteiger partial charge in [-0.05, 0) is 49.0 Å². The van der Waals surface area contributed by atoms with Crippen molar-refractivity contribution >= 4 is 16.9 Å². The molecule has 6 rings (SSSR count). The predicted molar refractivity (Wildman–Crippen MR) is 138 cm³/mol. The number of carbonyl (C=O) groups excluding carboxylic acids is 1. The number of H-pyrrole nitrogens is 1. The minimum absolute atomic E-state index is 0.0437. The number of aromatic nitrogens is 5. The molecule has 2 unspecified atom stereocenters. The number of nitrogens with one attached hydrogen (secondary N) is 1. The maximum Gasteiger partial charge on any atom is 0.289 e. The second-order valence-electron chi connectivity index (χ2n) is 10.6. The summed E-state index contributed by atoms with van der Waals surface area (Å²) in [6.45, 7) is 4.15. The average Bonchev–Trinajstić information content (AvgIpc) is 3.56. The van der Waals surface area contributed by atoms with Crippen molar-refractivity contribution in [3.63, 3.8) is 0 Å². The van der Waals surface area contributed by atoms with Crippen molar-refractivity contribution < 1.29 is 13.8 Å². The Labute approximate surface area is 220 Å². The summed E-state index contributed by atoms with van der Waals surface area (Å²) >= 11 is 0. The molecular weight excluding hydrogens is 483 g/mol. The van der Waals surface area contributed by atoms with Gasteiger partial charge in [0, 0.05) is 49.7 Å². The number of hydrogen-bond donors (Lipinski definition) is 1. The Morgan fingerprint density at radius 3 is 2.95 bits per heavy atom. The van der Waals surface area contributed by atoms with Crippen LogP contribution in [0.1, 0.15) is 36.5 Å². The van der Waals surface area contributed by atoms with Gasteiger partial charge in [-0.1, -0.05) is 6.07 Å². The zero-order valence-electron chi connectivity index (χ0n) is 21.5. The first-order valence-corrected chi connectivity index (χ1v) is 12.9. The van der Waals surface area contributed by atoms with Crippen molar-refractivity contribution in [2.24, 2.45) is 7.05 Å². The number of fused-ring (bicyclic) bond motifs is 1. The van der Waals surface area contributed by atoms with Crippen LogP contribution >= 0.6 is 0 Å². The summed E-state index contributed by atoms with van der Waals surface area (Å²) in [5.41, 5.74) is 2.83. The van der Waals surface area contributed by atoms with Gasteiger partial charge in [0.1, 0.15) is 11.4 Å². The summed E-state index contributed by atoms with van der Waals surface area (Å²) in [6, 6.07) is 10.7. The van der Waals surface area contributed by atoms with Crippen molar-refractivity contribution in [3.05, 3.63) is 66.6 Å². The highest BCUT2D eigenvalue weighted by molar-refractivity contribution is 5.94. The minimum Gasteiger partial charge on any atom is -0.336 e. The van der Waals surface area contributed by atoms with Gasteiger partial charge in [0.05, 0.1) is 36.7 Å². The maximum absolute atomic E-state index is 13.6. The van der Waals surface area contributed by atoms with Crippen LogP contribution in [0.4, 0.5) is 4.39 Å². The zero-order chi connectivity index (χ0) is 26.4. The molecule has 4 aromatic rings. The molecule has 0 bridgehead atoms. The molecule has 2 aliphatic heterocycles. The van der Waals surface area contributed by atoms with Crippen LogP contribution in [0.3, 0.4) is 0 Å². The molecule has 0 aliphatic carbocycles. The normalized spacial score (nSPS) is 21.3. The SMILES string of the molecule is CC1CC(N2CC(CC#N)(n3cc(-c4c5cc[nH]c5nc[n+]4C)cn3)C2)CCN1C(=O)c1cccc(F)c1. The van der Waals surface area contributed by atoms with Crippen molar-refractivity contribution in [1.82, 2.24) is 29.5 Å². The average molecular weight is 514 g/mol. The van der Waals surface area contributed by atoms with Crippen LogP contribution in [0.15, 0.2) is 55.2 Å². The number of piperidine rings is 1. The molecule has 0 spiro atoms. The van der Waals surface area contributed by atoms with E-state index in [2.05, 4.69) is 27.9 Å². The smallest absolute Gasteiger partial charge is 0.289 e. The third kappa shape index (κ3) is 4.03. The minimum atomic E-state index is -0.398. The lowest BCUT2D eigenvalue weighted by Crippen LogP contribution is -2.67. The van der Waals surface area contributed by atoms with Crippen LogP contribution in [-0.4, -0.2) is 67.2 Å². The highest BCUT2D eigenvalue weighted by Gasteiger charge is 2.49. The summed E-state index contributed by atoms with van der Waals surface area (Å²) in [7, 11) is 1.97. The molecule has 194 valence electrons. The fourth-order valence-electron chi connectivity index (χ4n) is 6.14. The summed E-state index contributed by atoms with van der Waals surface area (Å²) in [5, 5.41) is 15.4. The van der Waals surface area contributed by atoms with Crippen molar-refractivity contribution in [2.75, 3.05) is 19.6 Å². The van der Waals surface area contributed by atoms with Gasteiger partial charge in [-0.15, -0.1) is 0 Å². The number of amides is 1. The van der Waals surface area contributed by atoms with Gasteiger partial charge >= 0.3 is 0 Å².